The van der Waals surface area contributed by atoms with Crippen LogP contribution in [0.25, 0.3) is 0 Å². The van der Waals surface area contributed by atoms with Gasteiger partial charge in [0.2, 0.25) is 0 Å². The number of carbonyl (C=O) groups excluding carboxylic acids is 2. The number of halogens is 1. The molecule has 2 rings (SSSR count). The number of Topliss-reactive ketones (excluding diaryl/α,β-unsaturated/α-hetero) is 1. The summed E-state index contributed by atoms with van der Waals surface area (Å²) in [7, 11) is 2.96. The third-order valence-electron chi connectivity index (χ3n) is 5.41. The highest BCUT2D eigenvalue weighted by atomic mass is 79.9. The minimum atomic E-state index is -0.298. The van der Waals surface area contributed by atoms with Crippen molar-refractivity contribution in [2.75, 3.05) is 14.2 Å². The summed E-state index contributed by atoms with van der Waals surface area (Å²) in [4.78, 5) is 29.3. The number of rotatable bonds is 6. The van der Waals surface area contributed by atoms with E-state index in [-0.39, 0.29) is 23.5 Å². The highest BCUT2D eigenvalue weighted by Gasteiger charge is 2.36. The number of nitrogens with zero attached hydrogens (tertiary/aromatic N) is 1. The zero-order valence-corrected chi connectivity index (χ0v) is 16.1. The van der Waals surface area contributed by atoms with Crippen LogP contribution >= 0.6 is 15.9 Å². The average Bonchev–Trinajstić information content (AvgIpc) is 3.01. The van der Waals surface area contributed by atoms with Crippen molar-refractivity contribution in [2.45, 2.75) is 64.7 Å². The molecule has 0 aromatic rings. The lowest BCUT2D eigenvalue weighted by atomic mass is 9.69. The van der Waals surface area contributed by atoms with Gasteiger partial charge in [0.25, 0.3) is 5.91 Å². The molecule has 0 aliphatic heterocycles. The maximum absolute atomic E-state index is 12.6. The summed E-state index contributed by atoms with van der Waals surface area (Å²) in [5, 5.41) is 1.12. The zero-order valence-electron chi connectivity index (χ0n) is 14.5. The molecule has 1 amide bonds. The van der Waals surface area contributed by atoms with Crippen molar-refractivity contribution in [3.8, 4) is 0 Å². The molecule has 130 valence electrons. The first-order valence-corrected chi connectivity index (χ1v) is 9.35. The quantitative estimate of drug-likeness (QED) is 0.503. The Morgan fingerprint density at radius 1 is 1.35 bits per heavy atom. The number of amides is 1. The first-order chi connectivity index (χ1) is 10.8. The predicted octanol–water partition coefficient (Wildman–Crippen LogP) is 4.38. The standard InChI is InChI=1S/C18H28BrNO3/c1-18(11-13-6-4-5-7-13)9-8-15(19)14(12-18)16(21)10-17(22)20(2)23-3/h13H,4-12H2,1-3H3/t18-/m1/s1. The predicted molar refractivity (Wildman–Crippen MR) is 93.9 cm³/mol. The average molecular weight is 386 g/mol. The largest absolute Gasteiger partial charge is 0.294 e. The van der Waals surface area contributed by atoms with Gasteiger partial charge in [0.05, 0.1) is 13.5 Å². The Balaban J connectivity index is 2.02. The Morgan fingerprint density at radius 3 is 2.61 bits per heavy atom. The normalized spacial score (nSPS) is 25.7. The summed E-state index contributed by atoms with van der Waals surface area (Å²) in [5.74, 6) is 0.450. The van der Waals surface area contributed by atoms with E-state index < -0.39 is 0 Å². The molecule has 0 spiro atoms. The highest BCUT2D eigenvalue weighted by molar-refractivity contribution is 9.11. The van der Waals surface area contributed by atoms with Gasteiger partial charge in [-0.15, -0.1) is 0 Å². The molecular weight excluding hydrogens is 358 g/mol. The first kappa shape index (κ1) is 18.7. The van der Waals surface area contributed by atoms with E-state index >= 15 is 0 Å². The van der Waals surface area contributed by atoms with Crippen LogP contribution < -0.4 is 0 Å². The van der Waals surface area contributed by atoms with Crippen molar-refractivity contribution < 1.29 is 14.4 Å². The van der Waals surface area contributed by atoms with E-state index in [1.54, 1.807) is 0 Å². The van der Waals surface area contributed by atoms with Crippen molar-refractivity contribution in [1.82, 2.24) is 5.06 Å². The molecule has 0 unspecified atom stereocenters. The van der Waals surface area contributed by atoms with Crippen LogP contribution in [0.2, 0.25) is 0 Å². The molecule has 0 aromatic heterocycles. The van der Waals surface area contributed by atoms with Crippen LogP contribution in [-0.4, -0.2) is 30.9 Å². The summed E-state index contributed by atoms with van der Waals surface area (Å²) >= 11 is 3.57. The van der Waals surface area contributed by atoms with Gasteiger partial charge in [-0.05, 0) is 37.0 Å². The van der Waals surface area contributed by atoms with Crippen LogP contribution in [-0.2, 0) is 14.4 Å². The summed E-state index contributed by atoms with van der Waals surface area (Å²) in [6, 6.07) is 0. The van der Waals surface area contributed by atoms with E-state index in [9.17, 15) is 9.59 Å². The lowest BCUT2D eigenvalue weighted by Gasteiger charge is -2.37. The minimum absolute atomic E-state index is 0.0666. The van der Waals surface area contributed by atoms with Crippen molar-refractivity contribution >= 4 is 27.6 Å². The van der Waals surface area contributed by atoms with Gasteiger partial charge >= 0.3 is 0 Å². The summed E-state index contributed by atoms with van der Waals surface area (Å²) < 4.78 is 0.985. The van der Waals surface area contributed by atoms with E-state index in [4.69, 9.17) is 4.84 Å². The minimum Gasteiger partial charge on any atom is -0.294 e. The third kappa shape index (κ3) is 4.90. The molecule has 0 heterocycles. The van der Waals surface area contributed by atoms with Crippen molar-refractivity contribution in [2.24, 2.45) is 11.3 Å². The molecule has 1 atom stereocenters. The number of hydroxylamine groups is 2. The lowest BCUT2D eigenvalue weighted by molar-refractivity contribution is -0.169. The summed E-state index contributed by atoms with van der Waals surface area (Å²) in [6.07, 6.45) is 9.26. The van der Waals surface area contributed by atoms with Crippen molar-refractivity contribution in [3.63, 3.8) is 0 Å². The van der Waals surface area contributed by atoms with Crippen molar-refractivity contribution in [1.29, 1.82) is 0 Å². The van der Waals surface area contributed by atoms with Gasteiger partial charge in [-0.1, -0.05) is 48.5 Å². The van der Waals surface area contributed by atoms with Gasteiger partial charge in [0.1, 0.15) is 0 Å². The summed E-state index contributed by atoms with van der Waals surface area (Å²) in [6.45, 7) is 2.31. The van der Waals surface area contributed by atoms with E-state index in [0.29, 0.717) is 0 Å². The number of allylic oxidation sites excluding steroid dienone is 2. The fourth-order valence-electron chi connectivity index (χ4n) is 3.97. The Labute approximate surface area is 147 Å². The van der Waals surface area contributed by atoms with Gasteiger partial charge in [0.15, 0.2) is 5.78 Å². The monoisotopic (exact) mass is 385 g/mol. The summed E-state index contributed by atoms with van der Waals surface area (Å²) in [5.41, 5.74) is 1.00. The maximum Gasteiger partial charge on any atom is 0.253 e. The molecule has 0 aromatic carbocycles. The van der Waals surface area contributed by atoms with Crippen LogP contribution in [0.1, 0.15) is 64.7 Å². The Kier molecular flexibility index (Phi) is 6.43. The molecule has 0 N–H and O–H groups in total. The molecule has 5 heteroatoms. The van der Waals surface area contributed by atoms with Crippen molar-refractivity contribution in [3.05, 3.63) is 10.1 Å². The maximum atomic E-state index is 12.6. The third-order valence-corrected chi connectivity index (χ3v) is 6.28. The van der Waals surface area contributed by atoms with Gasteiger partial charge in [-0.2, -0.15) is 0 Å². The molecule has 0 radical (unpaired) electrons. The second-order valence-electron chi connectivity index (χ2n) is 7.40. The number of hydrogen-bond donors (Lipinski definition) is 0. The van der Waals surface area contributed by atoms with E-state index in [1.807, 2.05) is 0 Å². The van der Waals surface area contributed by atoms with E-state index in [2.05, 4.69) is 22.9 Å². The van der Waals surface area contributed by atoms with Gasteiger partial charge in [-0.3, -0.25) is 14.4 Å². The van der Waals surface area contributed by atoms with Crippen LogP contribution in [0, 0.1) is 11.3 Å². The number of carbonyl (C=O) groups is 2. The van der Waals surface area contributed by atoms with E-state index in [0.717, 1.165) is 40.3 Å². The fraction of sp³-hybridized carbons (Fsp3) is 0.778. The second kappa shape index (κ2) is 7.93. The molecule has 1 fully saturated rings. The van der Waals surface area contributed by atoms with Crippen LogP contribution in [0.5, 0.6) is 0 Å². The molecule has 2 aliphatic carbocycles. The molecular formula is C18H28BrNO3. The molecule has 0 saturated heterocycles. The van der Waals surface area contributed by atoms with Crippen LogP contribution in [0.3, 0.4) is 0 Å². The molecule has 2 aliphatic rings. The second-order valence-corrected chi connectivity index (χ2v) is 8.36. The van der Waals surface area contributed by atoms with Crippen LogP contribution in [0.15, 0.2) is 10.1 Å². The zero-order chi connectivity index (χ0) is 17.0. The number of ketones is 1. The van der Waals surface area contributed by atoms with E-state index in [1.165, 1.54) is 46.3 Å². The van der Waals surface area contributed by atoms with Gasteiger partial charge < -0.3 is 0 Å². The molecule has 0 bridgehead atoms. The highest BCUT2D eigenvalue weighted by Crippen LogP contribution is 2.47. The van der Waals surface area contributed by atoms with Crippen LogP contribution in [0.4, 0.5) is 0 Å². The fourth-order valence-corrected chi connectivity index (χ4v) is 4.53. The molecule has 4 nitrogen and oxygen atoms in total. The lowest BCUT2D eigenvalue weighted by Crippen LogP contribution is -2.30. The van der Waals surface area contributed by atoms with Gasteiger partial charge in [0, 0.05) is 17.1 Å². The number of hydrogen-bond acceptors (Lipinski definition) is 3. The molecule has 1 saturated carbocycles. The Hall–Kier alpha value is -0.680. The SMILES string of the molecule is CON(C)C(=O)CC(=O)C1=C(Br)CC[C@](C)(CC2CCCC2)C1. The first-order valence-electron chi connectivity index (χ1n) is 8.56. The Morgan fingerprint density at radius 2 is 2.00 bits per heavy atom. The molecule has 23 heavy (non-hydrogen) atoms. The smallest absolute Gasteiger partial charge is 0.253 e. The topological polar surface area (TPSA) is 46.6 Å². The Bertz CT molecular complexity index is 496. The van der Waals surface area contributed by atoms with Gasteiger partial charge in [-0.25, -0.2) is 5.06 Å².